The van der Waals surface area contributed by atoms with Gasteiger partial charge in [-0.05, 0) is 32.6 Å². The zero-order valence-electron chi connectivity index (χ0n) is 17.0. The molecule has 14 heteroatoms. The molecule has 0 aliphatic heterocycles. The Labute approximate surface area is 174 Å². The number of carboxylic acids is 1. The van der Waals surface area contributed by atoms with Crippen molar-refractivity contribution in [3.63, 3.8) is 0 Å². The smallest absolute Gasteiger partial charge is 0.328 e. The van der Waals surface area contributed by atoms with E-state index in [0.29, 0.717) is 19.4 Å². The summed E-state index contributed by atoms with van der Waals surface area (Å²) in [6.07, 6.45) is -0.209. The highest BCUT2D eigenvalue weighted by atomic mass is 16.4. The van der Waals surface area contributed by atoms with Crippen LogP contribution in [0.15, 0.2) is 9.98 Å². The minimum absolute atomic E-state index is 0.0726. The number of guanidine groups is 2. The van der Waals surface area contributed by atoms with E-state index in [9.17, 15) is 19.5 Å². The number of nitrogens with one attached hydrogen (secondary N) is 2. The van der Waals surface area contributed by atoms with Gasteiger partial charge in [-0.1, -0.05) is 0 Å². The van der Waals surface area contributed by atoms with Crippen molar-refractivity contribution in [2.75, 3.05) is 13.1 Å². The maximum absolute atomic E-state index is 12.5. The lowest BCUT2D eigenvalue weighted by Gasteiger charge is -2.23. The third kappa shape index (κ3) is 11.7. The maximum Gasteiger partial charge on any atom is 0.328 e. The molecule has 2 amide bonds. The number of hydrogen-bond acceptors (Lipinski definition) is 7. The zero-order valence-corrected chi connectivity index (χ0v) is 17.0. The molecule has 0 radical (unpaired) electrons. The Hall–Kier alpha value is -3.13. The molecule has 0 saturated carbocycles. The molecular formula is C16H33N9O5. The summed E-state index contributed by atoms with van der Waals surface area (Å²) in [4.78, 5) is 43.6. The fraction of sp³-hybridized carbons (Fsp3) is 0.688. The van der Waals surface area contributed by atoms with Gasteiger partial charge in [0.2, 0.25) is 11.8 Å². The minimum Gasteiger partial charge on any atom is -0.480 e. The predicted octanol–water partition coefficient (Wildman–Crippen LogP) is -4.14. The van der Waals surface area contributed by atoms with Crippen LogP contribution in [-0.2, 0) is 14.4 Å². The predicted molar refractivity (Wildman–Crippen MR) is 111 cm³/mol. The summed E-state index contributed by atoms with van der Waals surface area (Å²) in [5.74, 6) is -3.00. The highest BCUT2D eigenvalue weighted by Crippen LogP contribution is 2.04. The lowest BCUT2D eigenvalue weighted by molar-refractivity contribution is -0.145. The van der Waals surface area contributed by atoms with Crippen molar-refractivity contribution in [1.82, 2.24) is 10.6 Å². The third-order valence-corrected chi connectivity index (χ3v) is 3.93. The molecule has 0 fully saturated rings. The Balaban J connectivity index is 5.02. The van der Waals surface area contributed by atoms with Crippen LogP contribution in [0.2, 0.25) is 0 Å². The SMILES string of the molecule is CC(O)C(NC(=O)C(CCCN=C(N)N)NC(=O)C(N)CCCN=C(N)N)C(=O)O. The minimum atomic E-state index is -1.54. The first-order valence-electron chi connectivity index (χ1n) is 9.33. The second-order valence-electron chi connectivity index (χ2n) is 6.63. The number of aliphatic hydroxyl groups excluding tert-OH is 1. The fourth-order valence-electron chi connectivity index (χ4n) is 2.34. The highest BCUT2D eigenvalue weighted by Gasteiger charge is 2.30. The molecule has 0 heterocycles. The molecule has 0 aliphatic carbocycles. The molecule has 172 valence electrons. The van der Waals surface area contributed by atoms with Crippen LogP contribution in [-0.4, -0.2) is 77.2 Å². The van der Waals surface area contributed by atoms with Gasteiger partial charge < -0.3 is 49.5 Å². The lowest BCUT2D eigenvalue weighted by Crippen LogP contribution is -2.56. The van der Waals surface area contributed by atoms with Crippen molar-refractivity contribution in [2.45, 2.75) is 56.8 Å². The molecule has 4 atom stereocenters. The van der Waals surface area contributed by atoms with E-state index in [1.54, 1.807) is 0 Å². The van der Waals surface area contributed by atoms with E-state index in [2.05, 4.69) is 20.6 Å². The summed E-state index contributed by atoms with van der Waals surface area (Å²) < 4.78 is 0. The molecule has 4 unspecified atom stereocenters. The van der Waals surface area contributed by atoms with Gasteiger partial charge in [-0.15, -0.1) is 0 Å². The normalized spacial score (nSPS) is 14.5. The van der Waals surface area contributed by atoms with Crippen LogP contribution in [0.1, 0.15) is 32.6 Å². The first-order valence-corrected chi connectivity index (χ1v) is 9.33. The Morgan fingerprint density at radius 2 is 1.40 bits per heavy atom. The van der Waals surface area contributed by atoms with Gasteiger partial charge in [0.1, 0.15) is 6.04 Å². The monoisotopic (exact) mass is 431 g/mol. The summed E-state index contributed by atoms with van der Waals surface area (Å²) in [7, 11) is 0. The number of carbonyl (C=O) groups excluding carboxylic acids is 2. The van der Waals surface area contributed by atoms with Crippen LogP contribution in [0.5, 0.6) is 0 Å². The Bertz CT molecular complexity index is 631. The van der Waals surface area contributed by atoms with E-state index in [0.717, 1.165) is 0 Å². The summed E-state index contributed by atoms with van der Waals surface area (Å²) in [6, 6.07) is -3.57. The summed E-state index contributed by atoms with van der Waals surface area (Å²) in [5, 5.41) is 23.4. The Morgan fingerprint density at radius 1 is 0.900 bits per heavy atom. The average Bonchev–Trinajstić information content (AvgIpc) is 2.64. The number of hydrogen-bond donors (Lipinski definition) is 9. The number of aliphatic imine (C=N–C) groups is 2. The summed E-state index contributed by atoms with van der Waals surface area (Å²) >= 11 is 0. The van der Waals surface area contributed by atoms with Crippen LogP contribution in [0.25, 0.3) is 0 Å². The van der Waals surface area contributed by atoms with Gasteiger partial charge in [-0.3, -0.25) is 19.6 Å². The molecule has 0 aromatic heterocycles. The van der Waals surface area contributed by atoms with E-state index >= 15 is 0 Å². The Morgan fingerprint density at radius 3 is 1.83 bits per heavy atom. The quantitative estimate of drug-likeness (QED) is 0.0727. The molecule has 30 heavy (non-hydrogen) atoms. The van der Waals surface area contributed by atoms with Crippen molar-refractivity contribution in [3.05, 3.63) is 0 Å². The van der Waals surface area contributed by atoms with Crippen LogP contribution in [0.3, 0.4) is 0 Å². The van der Waals surface area contributed by atoms with Gasteiger partial charge in [0.05, 0.1) is 12.1 Å². The molecule has 0 rings (SSSR count). The van der Waals surface area contributed by atoms with Crippen molar-refractivity contribution < 1.29 is 24.6 Å². The zero-order chi connectivity index (χ0) is 23.3. The molecule has 0 aromatic rings. The maximum atomic E-state index is 12.5. The number of amides is 2. The highest BCUT2D eigenvalue weighted by molar-refractivity contribution is 5.91. The number of nitrogens with two attached hydrogens (primary N) is 5. The van der Waals surface area contributed by atoms with Gasteiger partial charge in [-0.25, -0.2) is 4.79 Å². The van der Waals surface area contributed by atoms with Gasteiger partial charge in [0, 0.05) is 13.1 Å². The van der Waals surface area contributed by atoms with Crippen LogP contribution < -0.4 is 39.3 Å². The number of carboxylic acid groups (broad SMARTS) is 1. The van der Waals surface area contributed by atoms with E-state index in [1.807, 2.05) is 0 Å². The number of nitrogens with zero attached hydrogens (tertiary/aromatic N) is 2. The molecule has 0 bridgehead atoms. The van der Waals surface area contributed by atoms with E-state index < -0.39 is 42.0 Å². The molecule has 14 N–H and O–H groups in total. The number of aliphatic carboxylic acids is 1. The van der Waals surface area contributed by atoms with E-state index in [-0.39, 0.29) is 31.3 Å². The molecular weight excluding hydrogens is 398 g/mol. The summed E-state index contributed by atoms with van der Waals surface area (Å²) in [5.41, 5.74) is 26.7. The standard InChI is InChI=1S/C16H33N9O5/c1-8(26)11(14(29)30)25-13(28)10(5-3-7-23-16(20)21)24-12(27)9(17)4-2-6-22-15(18)19/h8-11,26H,2-7,17H2,1H3,(H,24,27)(H,25,28)(H,29,30)(H4,18,19,22)(H4,20,21,23). The second kappa shape index (κ2) is 13.9. The van der Waals surface area contributed by atoms with E-state index in [4.69, 9.17) is 33.8 Å². The van der Waals surface area contributed by atoms with Crippen molar-refractivity contribution >= 4 is 29.7 Å². The van der Waals surface area contributed by atoms with Gasteiger partial charge in [0.15, 0.2) is 18.0 Å². The van der Waals surface area contributed by atoms with Gasteiger partial charge >= 0.3 is 5.97 Å². The number of carbonyl (C=O) groups is 3. The number of rotatable bonds is 14. The number of aliphatic hydroxyl groups is 1. The average molecular weight is 431 g/mol. The largest absolute Gasteiger partial charge is 0.480 e. The van der Waals surface area contributed by atoms with Gasteiger partial charge in [-0.2, -0.15) is 0 Å². The van der Waals surface area contributed by atoms with Crippen LogP contribution in [0, 0.1) is 0 Å². The first kappa shape index (κ1) is 26.9. The molecule has 0 saturated heterocycles. The molecule has 0 spiro atoms. The van der Waals surface area contributed by atoms with Crippen molar-refractivity contribution in [3.8, 4) is 0 Å². The molecule has 0 aliphatic rings. The van der Waals surface area contributed by atoms with E-state index in [1.165, 1.54) is 6.92 Å². The van der Waals surface area contributed by atoms with Gasteiger partial charge in [0.25, 0.3) is 0 Å². The molecule has 14 nitrogen and oxygen atoms in total. The lowest BCUT2D eigenvalue weighted by atomic mass is 10.1. The third-order valence-electron chi connectivity index (χ3n) is 3.93. The fourth-order valence-corrected chi connectivity index (χ4v) is 2.34. The Kier molecular flexibility index (Phi) is 12.5. The second-order valence-corrected chi connectivity index (χ2v) is 6.63. The van der Waals surface area contributed by atoms with Crippen LogP contribution in [0.4, 0.5) is 0 Å². The molecule has 0 aromatic carbocycles. The topological polar surface area (TPSA) is 271 Å². The first-order chi connectivity index (χ1) is 14.0. The van der Waals surface area contributed by atoms with Crippen molar-refractivity contribution in [1.29, 1.82) is 0 Å². The van der Waals surface area contributed by atoms with Crippen molar-refractivity contribution in [2.24, 2.45) is 38.7 Å². The summed E-state index contributed by atoms with van der Waals surface area (Å²) in [6.45, 7) is 1.71. The van der Waals surface area contributed by atoms with Crippen LogP contribution >= 0.6 is 0 Å².